The molecular formula is C11H23NO. The highest BCUT2D eigenvalue weighted by Crippen LogP contribution is 2.04. The maximum absolute atomic E-state index is 8.47. The van der Waals surface area contributed by atoms with Gasteiger partial charge >= 0.3 is 0 Å². The Balaban J connectivity index is 2.93. The monoisotopic (exact) mass is 185 g/mol. The lowest BCUT2D eigenvalue weighted by Gasteiger charge is -1.97. The highest BCUT2D eigenvalue weighted by Gasteiger charge is 1.85. The van der Waals surface area contributed by atoms with Crippen LogP contribution in [0, 0.1) is 0 Å². The maximum Gasteiger partial charge on any atom is 0.0603 e. The third-order valence-electron chi connectivity index (χ3n) is 1.97. The molecule has 0 aromatic carbocycles. The SMILES string of the molecule is CCCCCCCC=CNCCO. The fourth-order valence-corrected chi connectivity index (χ4v) is 1.18. The second-order valence-corrected chi connectivity index (χ2v) is 3.28. The molecule has 0 fully saturated rings. The quantitative estimate of drug-likeness (QED) is 0.541. The van der Waals surface area contributed by atoms with Crippen molar-refractivity contribution >= 4 is 0 Å². The van der Waals surface area contributed by atoms with Crippen molar-refractivity contribution < 1.29 is 5.11 Å². The number of unbranched alkanes of at least 4 members (excludes halogenated alkanes) is 5. The first kappa shape index (κ1) is 12.5. The van der Waals surface area contributed by atoms with E-state index in [9.17, 15) is 0 Å². The van der Waals surface area contributed by atoms with Crippen LogP contribution in [0.2, 0.25) is 0 Å². The number of allylic oxidation sites excluding steroid dienone is 1. The van der Waals surface area contributed by atoms with Crippen LogP contribution < -0.4 is 5.32 Å². The number of aliphatic hydroxyl groups is 1. The van der Waals surface area contributed by atoms with Crippen molar-refractivity contribution in [1.82, 2.24) is 5.32 Å². The average Bonchev–Trinajstić information content (AvgIpc) is 2.16. The van der Waals surface area contributed by atoms with Gasteiger partial charge in [-0.25, -0.2) is 0 Å². The van der Waals surface area contributed by atoms with E-state index in [1.807, 2.05) is 6.20 Å². The topological polar surface area (TPSA) is 32.3 Å². The molecule has 0 aliphatic rings. The highest BCUT2D eigenvalue weighted by atomic mass is 16.3. The molecule has 0 aliphatic heterocycles. The van der Waals surface area contributed by atoms with Gasteiger partial charge in [-0.05, 0) is 19.0 Å². The normalized spacial score (nSPS) is 10.9. The zero-order chi connectivity index (χ0) is 9.78. The molecule has 0 heterocycles. The molecule has 0 atom stereocenters. The average molecular weight is 185 g/mol. The minimum Gasteiger partial charge on any atom is -0.395 e. The Bertz CT molecular complexity index is 113. The minimum absolute atomic E-state index is 0.209. The van der Waals surface area contributed by atoms with Gasteiger partial charge in [0.05, 0.1) is 6.61 Å². The predicted octanol–water partition coefficient (Wildman–Crippen LogP) is 2.44. The van der Waals surface area contributed by atoms with E-state index in [2.05, 4.69) is 18.3 Å². The van der Waals surface area contributed by atoms with Gasteiger partial charge in [0, 0.05) is 6.54 Å². The summed E-state index contributed by atoms with van der Waals surface area (Å²) in [5.41, 5.74) is 0. The Hall–Kier alpha value is -0.500. The minimum atomic E-state index is 0.209. The zero-order valence-electron chi connectivity index (χ0n) is 8.76. The first-order chi connectivity index (χ1) is 6.41. The third-order valence-corrected chi connectivity index (χ3v) is 1.97. The summed E-state index contributed by atoms with van der Waals surface area (Å²) >= 11 is 0. The molecule has 0 saturated heterocycles. The van der Waals surface area contributed by atoms with E-state index in [-0.39, 0.29) is 6.61 Å². The summed E-state index contributed by atoms with van der Waals surface area (Å²) in [5.74, 6) is 0. The van der Waals surface area contributed by atoms with Gasteiger partial charge in [0.15, 0.2) is 0 Å². The van der Waals surface area contributed by atoms with Crippen LogP contribution in [-0.4, -0.2) is 18.3 Å². The molecule has 2 nitrogen and oxygen atoms in total. The summed E-state index contributed by atoms with van der Waals surface area (Å²) in [6.45, 7) is 3.10. The molecule has 0 amide bonds. The summed E-state index contributed by atoms with van der Waals surface area (Å²) < 4.78 is 0. The fraction of sp³-hybridized carbons (Fsp3) is 0.818. The molecule has 2 N–H and O–H groups in total. The van der Waals surface area contributed by atoms with Gasteiger partial charge < -0.3 is 10.4 Å². The lowest BCUT2D eigenvalue weighted by atomic mass is 10.1. The molecule has 0 aliphatic carbocycles. The molecule has 0 rings (SSSR count). The Kier molecular flexibility index (Phi) is 11.1. The molecular weight excluding hydrogens is 162 g/mol. The zero-order valence-corrected chi connectivity index (χ0v) is 8.76. The third kappa shape index (κ3) is 11.5. The van der Waals surface area contributed by atoms with Crippen LogP contribution in [-0.2, 0) is 0 Å². The van der Waals surface area contributed by atoms with Crippen LogP contribution in [0.5, 0.6) is 0 Å². The van der Waals surface area contributed by atoms with Crippen LogP contribution in [0.3, 0.4) is 0 Å². The number of hydrogen-bond donors (Lipinski definition) is 2. The number of nitrogens with one attached hydrogen (secondary N) is 1. The molecule has 2 heteroatoms. The van der Waals surface area contributed by atoms with Crippen molar-refractivity contribution in [2.24, 2.45) is 0 Å². The van der Waals surface area contributed by atoms with Crippen molar-refractivity contribution in [2.45, 2.75) is 45.4 Å². The smallest absolute Gasteiger partial charge is 0.0603 e. The predicted molar refractivity (Wildman–Crippen MR) is 57.6 cm³/mol. The van der Waals surface area contributed by atoms with Gasteiger partial charge in [-0.2, -0.15) is 0 Å². The Morgan fingerprint density at radius 3 is 2.62 bits per heavy atom. The van der Waals surface area contributed by atoms with Crippen molar-refractivity contribution in [2.75, 3.05) is 13.2 Å². The van der Waals surface area contributed by atoms with E-state index in [0.29, 0.717) is 6.54 Å². The Morgan fingerprint density at radius 2 is 1.92 bits per heavy atom. The first-order valence-corrected chi connectivity index (χ1v) is 5.41. The second-order valence-electron chi connectivity index (χ2n) is 3.28. The van der Waals surface area contributed by atoms with Gasteiger partial charge in [0.1, 0.15) is 0 Å². The number of rotatable bonds is 9. The summed E-state index contributed by atoms with van der Waals surface area (Å²) in [5, 5.41) is 11.5. The summed E-state index contributed by atoms with van der Waals surface area (Å²) in [6, 6.07) is 0. The van der Waals surface area contributed by atoms with Gasteiger partial charge in [-0.1, -0.05) is 38.7 Å². The van der Waals surface area contributed by atoms with E-state index < -0.39 is 0 Å². The van der Waals surface area contributed by atoms with E-state index in [4.69, 9.17) is 5.11 Å². The summed E-state index contributed by atoms with van der Waals surface area (Å²) in [7, 11) is 0. The Morgan fingerprint density at radius 1 is 1.15 bits per heavy atom. The summed E-state index contributed by atoms with van der Waals surface area (Å²) in [6.07, 6.45) is 11.9. The molecule has 78 valence electrons. The standard InChI is InChI=1S/C11H23NO/c1-2-3-4-5-6-7-8-9-12-10-11-13/h8-9,12-13H,2-7,10-11H2,1H3. The highest BCUT2D eigenvalue weighted by molar-refractivity contribution is 4.78. The summed E-state index contributed by atoms with van der Waals surface area (Å²) in [4.78, 5) is 0. The van der Waals surface area contributed by atoms with Crippen molar-refractivity contribution in [3.8, 4) is 0 Å². The number of hydrogen-bond acceptors (Lipinski definition) is 2. The van der Waals surface area contributed by atoms with Crippen molar-refractivity contribution in [3.05, 3.63) is 12.3 Å². The van der Waals surface area contributed by atoms with E-state index in [0.717, 1.165) is 6.42 Å². The van der Waals surface area contributed by atoms with Gasteiger partial charge in [0.2, 0.25) is 0 Å². The molecule has 0 bridgehead atoms. The van der Waals surface area contributed by atoms with Crippen LogP contribution in [0.15, 0.2) is 12.3 Å². The van der Waals surface area contributed by atoms with Crippen LogP contribution in [0.25, 0.3) is 0 Å². The molecule has 0 saturated carbocycles. The Labute approximate surface area is 82.0 Å². The van der Waals surface area contributed by atoms with E-state index in [1.165, 1.54) is 32.1 Å². The largest absolute Gasteiger partial charge is 0.395 e. The fourth-order valence-electron chi connectivity index (χ4n) is 1.18. The van der Waals surface area contributed by atoms with Crippen molar-refractivity contribution in [3.63, 3.8) is 0 Å². The van der Waals surface area contributed by atoms with Crippen molar-refractivity contribution in [1.29, 1.82) is 0 Å². The molecule has 0 unspecified atom stereocenters. The lowest BCUT2D eigenvalue weighted by Crippen LogP contribution is -2.10. The van der Waals surface area contributed by atoms with Crippen LogP contribution >= 0.6 is 0 Å². The van der Waals surface area contributed by atoms with Gasteiger partial charge in [-0.15, -0.1) is 0 Å². The molecule has 0 spiro atoms. The van der Waals surface area contributed by atoms with Gasteiger partial charge in [-0.3, -0.25) is 0 Å². The molecule has 13 heavy (non-hydrogen) atoms. The first-order valence-electron chi connectivity index (χ1n) is 5.41. The van der Waals surface area contributed by atoms with Crippen LogP contribution in [0.1, 0.15) is 45.4 Å². The number of aliphatic hydroxyl groups excluding tert-OH is 1. The maximum atomic E-state index is 8.47. The molecule has 0 aromatic rings. The van der Waals surface area contributed by atoms with E-state index >= 15 is 0 Å². The lowest BCUT2D eigenvalue weighted by molar-refractivity contribution is 0.298. The second kappa shape index (κ2) is 11.5. The van der Waals surface area contributed by atoms with E-state index in [1.54, 1.807) is 0 Å². The molecule has 0 aromatic heterocycles. The molecule has 0 radical (unpaired) electrons. The van der Waals surface area contributed by atoms with Crippen LogP contribution in [0.4, 0.5) is 0 Å². The van der Waals surface area contributed by atoms with Gasteiger partial charge in [0.25, 0.3) is 0 Å².